The second-order valence-electron chi connectivity index (χ2n) is 7.80. The fraction of sp³-hybridized carbons (Fsp3) is 0.483. The minimum absolute atomic E-state index is 0.0815. The van der Waals surface area contributed by atoms with E-state index in [0.29, 0.717) is 38.2 Å². The van der Waals surface area contributed by atoms with Crippen molar-refractivity contribution in [3.05, 3.63) is 59.7 Å². The third-order valence-corrected chi connectivity index (χ3v) is 4.95. The first-order chi connectivity index (χ1) is 17.9. The number of rotatable bonds is 14. The molecule has 0 atom stereocenters. The Morgan fingerprint density at radius 1 is 0.730 bits per heavy atom. The molecule has 2 aromatic carbocycles. The largest absolute Gasteiger partial charge is 0.497 e. The highest BCUT2D eigenvalue weighted by Gasteiger charge is 2.01. The van der Waals surface area contributed by atoms with Crippen LogP contribution >= 0.6 is 0 Å². The van der Waals surface area contributed by atoms with Crippen molar-refractivity contribution in [2.24, 2.45) is 5.73 Å². The van der Waals surface area contributed by atoms with E-state index in [1.54, 1.807) is 45.4 Å². The van der Waals surface area contributed by atoms with E-state index in [0.717, 1.165) is 49.9 Å². The molecule has 2 N–H and O–H groups in total. The summed E-state index contributed by atoms with van der Waals surface area (Å²) < 4.78 is 19.5. The molecule has 0 aliphatic carbocycles. The molecule has 0 fully saturated rings. The molecule has 0 heterocycles. The Balaban J connectivity index is 0.000000577. The van der Waals surface area contributed by atoms with Crippen molar-refractivity contribution in [3.63, 3.8) is 0 Å². The van der Waals surface area contributed by atoms with Crippen LogP contribution in [0.3, 0.4) is 0 Å². The molecule has 0 aliphatic rings. The average Bonchev–Trinajstić information content (AvgIpc) is 2.93. The smallest absolute Gasteiger partial charge is 0.305 e. The van der Waals surface area contributed by atoms with Gasteiger partial charge in [-0.15, -0.1) is 0 Å². The summed E-state index contributed by atoms with van der Waals surface area (Å²) in [4.78, 5) is 31.8. The standard InChI is InChI=1S/C15H22O3.C8H8O2.C6H13NO2/c1-3-18-15(16)8-6-4-5-7-13-9-11-14(17-2)12-10-13;1-10-8-4-2-7(6-9)3-5-8;1-2-9-6(8)4-3-5-7/h9-12H,3-8H2,1-2H3;2-6H,1H3;2-5,7H2,1H3. The molecule has 0 bridgehead atoms. The molecule has 0 saturated heterocycles. The van der Waals surface area contributed by atoms with Crippen molar-refractivity contribution in [2.75, 3.05) is 34.0 Å². The molecular weight excluding hydrogens is 474 g/mol. The molecule has 2 aromatic rings. The quantitative estimate of drug-likeness (QED) is 0.208. The number of aldehydes is 1. The van der Waals surface area contributed by atoms with Gasteiger partial charge in [0.1, 0.15) is 17.8 Å². The Morgan fingerprint density at radius 3 is 1.65 bits per heavy atom. The maximum Gasteiger partial charge on any atom is 0.305 e. The minimum Gasteiger partial charge on any atom is -0.497 e. The van der Waals surface area contributed by atoms with Crippen molar-refractivity contribution >= 4 is 18.2 Å². The second-order valence-corrected chi connectivity index (χ2v) is 7.80. The number of aryl methyl sites for hydroxylation is 1. The maximum atomic E-state index is 11.1. The van der Waals surface area contributed by atoms with Crippen LogP contribution in [-0.2, 0) is 25.5 Å². The van der Waals surface area contributed by atoms with Crippen LogP contribution < -0.4 is 15.2 Å². The normalized spacial score (nSPS) is 9.54. The SMILES string of the molecule is CCOC(=O)CCCCCc1ccc(OC)cc1.CCOC(=O)CCCN.COc1ccc(C=O)cc1. The lowest BCUT2D eigenvalue weighted by Crippen LogP contribution is -2.07. The van der Waals surface area contributed by atoms with Gasteiger partial charge in [0.05, 0.1) is 27.4 Å². The second kappa shape index (κ2) is 23.0. The van der Waals surface area contributed by atoms with Gasteiger partial charge in [-0.1, -0.05) is 18.6 Å². The summed E-state index contributed by atoms with van der Waals surface area (Å²) >= 11 is 0. The van der Waals surface area contributed by atoms with Gasteiger partial charge in [-0.3, -0.25) is 14.4 Å². The van der Waals surface area contributed by atoms with Crippen LogP contribution in [0.15, 0.2) is 48.5 Å². The zero-order valence-electron chi connectivity index (χ0n) is 22.7. The Kier molecular flexibility index (Phi) is 20.9. The van der Waals surface area contributed by atoms with Crippen LogP contribution in [0.2, 0.25) is 0 Å². The molecule has 0 amide bonds. The Hall–Kier alpha value is -3.39. The van der Waals surface area contributed by atoms with Crippen molar-refractivity contribution in [1.29, 1.82) is 0 Å². The molecule has 0 aromatic heterocycles. The van der Waals surface area contributed by atoms with Gasteiger partial charge in [0.2, 0.25) is 0 Å². The van der Waals surface area contributed by atoms with Crippen LogP contribution in [0.1, 0.15) is 68.3 Å². The van der Waals surface area contributed by atoms with Gasteiger partial charge in [-0.05, 0) is 88.0 Å². The molecule has 37 heavy (non-hydrogen) atoms. The lowest BCUT2D eigenvalue weighted by atomic mass is 10.1. The van der Waals surface area contributed by atoms with Gasteiger partial charge in [-0.2, -0.15) is 0 Å². The summed E-state index contributed by atoms with van der Waals surface area (Å²) in [5.74, 6) is 1.43. The molecule has 8 nitrogen and oxygen atoms in total. The van der Waals surface area contributed by atoms with Gasteiger partial charge >= 0.3 is 11.9 Å². The van der Waals surface area contributed by atoms with Gasteiger partial charge in [0.25, 0.3) is 0 Å². The minimum atomic E-state index is -0.150. The number of carbonyl (C=O) groups excluding carboxylic acids is 3. The van der Waals surface area contributed by atoms with E-state index in [1.807, 2.05) is 19.1 Å². The van der Waals surface area contributed by atoms with Crippen LogP contribution in [0, 0.1) is 0 Å². The van der Waals surface area contributed by atoms with Crippen molar-refractivity contribution in [1.82, 2.24) is 0 Å². The van der Waals surface area contributed by atoms with Gasteiger partial charge in [-0.25, -0.2) is 0 Å². The molecule has 8 heteroatoms. The van der Waals surface area contributed by atoms with Crippen molar-refractivity contribution < 1.29 is 33.3 Å². The highest BCUT2D eigenvalue weighted by atomic mass is 16.5. The Morgan fingerprint density at radius 2 is 1.22 bits per heavy atom. The first-order valence-corrected chi connectivity index (χ1v) is 12.7. The van der Waals surface area contributed by atoms with Gasteiger partial charge < -0.3 is 24.7 Å². The Bertz CT molecular complexity index is 852. The van der Waals surface area contributed by atoms with Crippen LogP contribution in [0.5, 0.6) is 11.5 Å². The highest BCUT2D eigenvalue weighted by Crippen LogP contribution is 2.14. The van der Waals surface area contributed by atoms with Crippen LogP contribution in [0.25, 0.3) is 0 Å². The van der Waals surface area contributed by atoms with Crippen molar-refractivity contribution in [2.45, 2.75) is 58.8 Å². The predicted molar refractivity (Wildman–Crippen MR) is 145 cm³/mol. The van der Waals surface area contributed by atoms with E-state index in [2.05, 4.69) is 16.9 Å². The zero-order chi connectivity index (χ0) is 27.7. The summed E-state index contributed by atoms with van der Waals surface area (Å²) in [5.41, 5.74) is 7.14. The molecule has 206 valence electrons. The number of hydrogen-bond donors (Lipinski definition) is 1. The molecule has 0 aliphatic heterocycles. The number of hydrogen-bond acceptors (Lipinski definition) is 8. The molecule has 0 radical (unpaired) electrons. The topological polar surface area (TPSA) is 114 Å². The van der Waals surface area contributed by atoms with Crippen molar-refractivity contribution in [3.8, 4) is 11.5 Å². The summed E-state index contributed by atoms with van der Waals surface area (Å²) in [6, 6.07) is 15.1. The first-order valence-electron chi connectivity index (χ1n) is 12.7. The van der Waals surface area contributed by atoms with Gasteiger partial charge in [0.15, 0.2) is 0 Å². The summed E-state index contributed by atoms with van der Waals surface area (Å²) in [5, 5.41) is 0. The maximum absolute atomic E-state index is 11.1. The average molecular weight is 518 g/mol. The molecule has 0 spiro atoms. The number of unbranched alkanes of at least 4 members (excludes halogenated alkanes) is 2. The number of nitrogens with two attached hydrogens (primary N) is 1. The summed E-state index contributed by atoms with van der Waals surface area (Å²) in [6.45, 7) is 5.12. The first kappa shape index (κ1) is 33.6. The lowest BCUT2D eigenvalue weighted by molar-refractivity contribution is -0.144. The monoisotopic (exact) mass is 517 g/mol. The molecule has 0 saturated carbocycles. The predicted octanol–water partition coefficient (Wildman–Crippen LogP) is 5.16. The van der Waals surface area contributed by atoms with Crippen LogP contribution in [-0.4, -0.2) is 52.2 Å². The van der Waals surface area contributed by atoms with E-state index >= 15 is 0 Å². The fourth-order valence-corrected chi connectivity index (χ4v) is 2.96. The van der Waals surface area contributed by atoms with Gasteiger partial charge in [0, 0.05) is 18.4 Å². The third-order valence-electron chi connectivity index (χ3n) is 4.95. The summed E-state index contributed by atoms with van der Waals surface area (Å²) in [7, 11) is 3.26. The van der Waals surface area contributed by atoms with E-state index in [9.17, 15) is 14.4 Å². The number of benzene rings is 2. The fourth-order valence-electron chi connectivity index (χ4n) is 2.96. The Labute approximate surface area is 221 Å². The van der Waals surface area contributed by atoms with E-state index in [-0.39, 0.29) is 11.9 Å². The molecule has 2 rings (SSSR count). The van der Waals surface area contributed by atoms with Crippen LogP contribution in [0.4, 0.5) is 0 Å². The number of ether oxygens (including phenoxy) is 4. The number of esters is 2. The van der Waals surface area contributed by atoms with E-state index < -0.39 is 0 Å². The molecule has 0 unspecified atom stereocenters. The number of carbonyl (C=O) groups is 3. The molecular formula is C29H43NO7. The van der Waals surface area contributed by atoms with E-state index in [4.69, 9.17) is 19.9 Å². The number of methoxy groups -OCH3 is 2. The third kappa shape index (κ3) is 18.5. The summed E-state index contributed by atoms with van der Waals surface area (Å²) in [6.07, 6.45) is 6.64. The van der Waals surface area contributed by atoms with E-state index in [1.165, 1.54) is 5.56 Å². The highest BCUT2D eigenvalue weighted by molar-refractivity contribution is 5.74. The zero-order valence-corrected chi connectivity index (χ0v) is 22.7. The lowest BCUT2D eigenvalue weighted by Gasteiger charge is -2.04.